The molecule has 0 bridgehead atoms. The van der Waals surface area contributed by atoms with Gasteiger partial charge in [0.15, 0.2) is 12.6 Å². The third-order valence-electron chi connectivity index (χ3n) is 4.31. The maximum absolute atomic E-state index is 9.54. The highest BCUT2D eigenvalue weighted by Crippen LogP contribution is 2.37. The van der Waals surface area contributed by atoms with E-state index in [1.54, 1.807) is 0 Å². The van der Waals surface area contributed by atoms with Gasteiger partial charge in [-0.15, -0.1) is 0 Å². The fraction of sp³-hybridized carbons (Fsp3) is 1.00. The lowest BCUT2D eigenvalue weighted by Crippen LogP contribution is -2.45. The molecule has 0 unspecified atom stereocenters. The molecule has 1 aliphatic carbocycles. The summed E-state index contributed by atoms with van der Waals surface area (Å²) in [5.41, 5.74) is -1.15. The van der Waals surface area contributed by atoms with Crippen LogP contribution in [0.3, 0.4) is 0 Å². The van der Waals surface area contributed by atoms with Gasteiger partial charge in [0.25, 0.3) is 0 Å². The molecule has 108 valence electrons. The monoisotopic (exact) mass is 260 g/mol. The summed E-state index contributed by atoms with van der Waals surface area (Å²) in [5.74, 6) is 0. The van der Waals surface area contributed by atoms with Crippen LogP contribution in [0.25, 0.3) is 0 Å². The first-order valence-electron chi connectivity index (χ1n) is 7.32. The number of rotatable bonds is 2. The van der Waals surface area contributed by atoms with E-state index in [-0.39, 0.29) is 0 Å². The highest BCUT2D eigenvalue weighted by Gasteiger charge is 2.42. The number of hydrogen-bond donors (Lipinski definition) is 4. The zero-order valence-corrected chi connectivity index (χ0v) is 11.2. The van der Waals surface area contributed by atoms with Crippen molar-refractivity contribution < 1.29 is 20.4 Å². The van der Waals surface area contributed by atoms with Crippen molar-refractivity contribution in [3.8, 4) is 0 Å². The molecule has 4 heteroatoms. The molecule has 1 rings (SSSR count). The van der Waals surface area contributed by atoms with E-state index < -0.39 is 18.0 Å². The predicted molar refractivity (Wildman–Crippen MR) is 69.7 cm³/mol. The maximum Gasteiger partial charge on any atom is 0.161 e. The van der Waals surface area contributed by atoms with E-state index in [9.17, 15) is 20.4 Å². The second-order valence-electron chi connectivity index (χ2n) is 5.66. The van der Waals surface area contributed by atoms with Gasteiger partial charge in [0.2, 0.25) is 0 Å². The van der Waals surface area contributed by atoms with Crippen molar-refractivity contribution in [1.82, 2.24) is 0 Å². The average molecular weight is 260 g/mol. The Morgan fingerprint density at radius 2 is 0.778 bits per heavy atom. The molecule has 4 nitrogen and oxygen atoms in total. The molecule has 0 aromatic rings. The second-order valence-corrected chi connectivity index (χ2v) is 5.66. The van der Waals surface area contributed by atoms with Crippen LogP contribution in [0.2, 0.25) is 0 Å². The summed E-state index contributed by atoms with van der Waals surface area (Å²) in [6.07, 6.45) is 7.42. The third kappa shape index (κ3) is 4.50. The molecular weight excluding hydrogens is 232 g/mol. The van der Waals surface area contributed by atoms with E-state index in [1.807, 2.05) is 0 Å². The molecule has 0 spiro atoms. The molecule has 0 aromatic heterocycles. The van der Waals surface area contributed by atoms with Gasteiger partial charge in [-0.1, -0.05) is 57.8 Å². The fourth-order valence-electron chi connectivity index (χ4n) is 2.92. The third-order valence-corrected chi connectivity index (χ3v) is 4.31. The number of aliphatic hydroxyl groups is 4. The Kier molecular flexibility index (Phi) is 7.15. The van der Waals surface area contributed by atoms with Crippen molar-refractivity contribution in [1.29, 1.82) is 0 Å². The Labute approximate surface area is 110 Å². The van der Waals surface area contributed by atoms with E-state index in [0.717, 1.165) is 38.5 Å². The molecule has 0 radical (unpaired) electrons. The number of hydrogen-bond acceptors (Lipinski definition) is 4. The van der Waals surface area contributed by atoms with Crippen molar-refractivity contribution >= 4 is 0 Å². The van der Waals surface area contributed by atoms with Gasteiger partial charge in [-0.2, -0.15) is 0 Å². The number of aliphatic hydroxyl groups excluding tert-OH is 2. The summed E-state index contributed by atoms with van der Waals surface area (Å²) >= 11 is 0. The molecule has 0 atom stereocenters. The molecule has 1 saturated carbocycles. The Bertz CT molecular complexity index is 194. The molecule has 1 fully saturated rings. The normalized spacial score (nSPS) is 23.7. The lowest BCUT2D eigenvalue weighted by molar-refractivity contribution is -0.243. The van der Waals surface area contributed by atoms with Crippen LogP contribution in [0.5, 0.6) is 0 Å². The first kappa shape index (κ1) is 15.9. The zero-order chi connectivity index (χ0) is 13.4. The summed E-state index contributed by atoms with van der Waals surface area (Å²) in [7, 11) is 0. The van der Waals surface area contributed by atoms with E-state index in [4.69, 9.17) is 0 Å². The average Bonchev–Trinajstić information content (AvgIpc) is 2.29. The standard InChI is InChI=1S/C14H28O4/c15-12(16)14(13(17)18)10-8-6-4-2-1-3-5-7-9-11-14/h12-13,15-18H,1-11H2. The van der Waals surface area contributed by atoms with Crippen LogP contribution in [0.1, 0.15) is 70.6 Å². The van der Waals surface area contributed by atoms with Crippen molar-refractivity contribution in [3.05, 3.63) is 0 Å². The van der Waals surface area contributed by atoms with Crippen LogP contribution in [0.4, 0.5) is 0 Å². The van der Waals surface area contributed by atoms with Crippen molar-refractivity contribution in [2.24, 2.45) is 5.41 Å². The van der Waals surface area contributed by atoms with Gasteiger partial charge in [-0.05, 0) is 12.8 Å². The summed E-state index contributed by atoms with van der Waals surface area (Å²) in [6.45, 7) is 0. The van der Waals surface area contributed by atoms with Crippen molar-refractivity contribution in [2.75, 3.05) is 0 Å². The minimum Gasteiger partial charge on any atom is -0.367 e. The van der Waals surface area contributed by atoms with Gasteiger partial charge in [0.05, 0.1) is 5.41 Å². The molecule has 0 amide bonds. The van der Waals surface area contributed by atoms with E-state index in [2.05, 4.69) is 0 Å². The summed E-state index contributed by atoms with van der Waals surface area (Å²) in [4.78, 5) is 0. The van der Waals surface area contributed by atoms with Gasteiger partial charge >= 0.3 is 0 Å². The van der Waals surface area contributed by atoms with E-state index in [1.165, 1.54) is 19.3 Å². The summed E-state index contributed by atoms with van der Waals surface area (Å²) < 4.78 is 0. The smallest absolute Gasteiger partial charge is 0.161 e. The molecule has 4 N–H and O–H groups in total. The highest BCUT2D eigenvalue weighted by atomic mass is 16.5. The Hall–Kier alpha value is -0.160. The van der Waals surface area contributed by atoms with Gasteiger partial charge in [-0.3, -0.25) is 0 Å². The first-order chi connectivity index (χ1) is 8.59. The highest BCUT2D eigenvalue weighted by molar-refractivity contribution is 4.84. The van der Waals surface area contributed by atoms with Crippen LogP contribution in [0.15, 0.2) is 0 Å². The topological polar surface area (TPSA) is 80.9 Å². The van der Waals surface area contributed by atoms with Crippen LogP contribution in [-0.2, 0) is 0 Å². The lowest BCUT2D eigenvalue weighted by atomic mass is 9.76. The van der Waals surface area contributed by atoms with E-state index >= 15 is 0 Å². The molecule has 0 saturated heterocycles. The Balaban J connectivity index is 2.63. The SMILES string of the molecule is OC(O)C1(C(O)O)CCCCCCCCCCC1. The Morgan fingerprint density at radius 3 is 1.06 bits per heavy atom. The summed E-state index contributed by atoms with van der Waals surface area (Å²) in [6, 6.07) is 0. The van der Waals surface area contributed by atoms with Gasteiger partial charge < -0.3 is 20.4 Å². The first-order valence-corrected chi connectivity index (χ1v) is 7.32. The molecule has 0 aliphatic heterocycles. The van der Waals surface area contributed by atoms with Crippen molar-refractivity contribution in [3.63, 3.8) is 0 Å². The lowest BCUT2D eigenvalue weighted by Gasteiger charge is -2.37. The maximum atomic E-state index is 9.54. The van der Waals surface area contributed by atoms with Crippen LogP contribution in [0, 0.1) is 5.41 Å². The molecule has 0 heterocycles. The minimum absolute atomic E-state index is 0.475. The van der Waals surface area contributed by atoms with Gasteiger partial charge in [-0.25, -0.2) is 0 Å². The minimum atomic E-state index is -1.65. The molecule has 0 aromatic carbocycles. The fourth-order valence-corrected chi connectivity index (χ4v) is 2.92. The van der Waals surface area contributed by atoms with E-state index in [0.29, 0.717) is 12.8 Å². The van der Waals surface area contributed by atoms with Crippen LogP contribution in [-0.4, -0.2) is 33.0 Å². The zero-order valence-electron chi connectivity index (χ0n) is 11.2. The molecular formula is C14H28O4. The van der Waals surface area contributed by atoms with Crippen LogP contribution < -0.4 is 0 Å². The van der Waals surface area contributed by atoms with Gasteiger partial charge in [0, 0.05) is 0 Å². The summed E-state index contributed by atoms with van der Waals surface area (Å²) in [5, 5.41) is 38.2. The van der Waals surface area contributed by atoms with Gasteiger partial charge in [0.1, 0.15) is 0 Å². The molecule has 18 heavy (non-hydrogen) atoms. The second kappa shape index (κ2) is 8.10. The predicted octanol–water partition coefficient (Wildman–Crippen LogP) is 1.90. The van der Waals surface area contributed by atoms with Crippen LogP contribution >= 0.6 is 0 Å². The van der Waals surface area contributed by atoms with Crippen molar-refractivity contribution in [2.45, 2.75) is 83.2 Å². The molecule has 1 aliphatic rings. The quantitative estimate of drug-likeness (QED) is 0.572. The largest absolute Gasteiger partial charge is 0.367 e. The Morgan fingerprint density at radius 1 is 0.500 bits per heavy atom.